The van der Waals surface area contributed by atoms with Gasteiger partial charge in [0.25, 0.3) is 0 Å². The predicted molar refractivity (Wildman–Crippen MR) is 114 cm³/mol. The molecule has 0 amide bonds. The summed E-state index contributed by atoms with van der Waals surface area (Å²) >= 11 is 12.4. The standard InChI is InChI=1S/C21H24Cl2N4/c1-5-10-27-13-18(21(2,3)4)26-20(27)14-11-17(23)19(24-12-14)25-16-8-6-15(22)7-9-16/h6-9,11-13H,5,10H2,1-4H3,(H,24,25). The second-order valence-electron chi connectivity index (χ2n) is 7.58. The van der Waals surface area contributed by atoms with E-state index in [1.807, 2.05) is 36.5 Å². The minimum Gasteiger partial charge on any atom is -0.339 e. The Morgan fingerprint density at radius 1 is 1.11 bits per heavy atom. The fraction of sp³-hybridized carbons (Fsp3) is 0.333. The van der Waals surface area contributed by atoms with E-state index in [4.69, 9.17) is 28.2 Å². The van der Waals surface area contributed by atoms with E-state index >= 15 is 0 Å². The first kappa shape index (κ1) is 19.7. The third-order valence-corrected chi connectivity index (χ3v) is 4.76. The number of hydrogen-bond acceptors (Lipinski definition) is 3. The molecule has 3 rings (SSSR count). The van der Waals surface area contributed by atoms with Crippen molar-refractivity contribution in [2.75, 3.05) is 5.32 Å². The largest absolute Gasteiger partial charge is 0.339 e. The molecule has 1 aromatic carbocycles. The van der Waals surface area contributed by atoms with Crippen molar-refractivity contribution in [3.63, 3.8) is 0 Å². The first-order valence-electron chi connectivity index (χ1n) is 9.04. The lowest BCUT2D eigenvalue weighted by Gasteiger charge is -2.14. The number of anilines is 2. The normalized spacial score (nSPS) is 11.6. The molecule has 0 aliphatic carbocycles. The third-order valence-electron chi connectivity index (χ3n) is 4.22. The fourth-order valence-corrected chi connectivity index (χ4v) is 3.08. The molecule has 1 N–H and O–H groups in total. The van der Waals surface area contributed by atoms with Crippen LogP contribution >= 0.6 is 23.2 Å². The van der Waals surface area contributed by atoms with Gasteiger partial charge in [-0.05, 0) is 36.8 Å². The van der Waals surface area contributed by atoms with Crippen LogP contribution in [0.2, 0.25) is 10.0 Å². The maximum Gasteiger partial charge on any atom is 0.149 e. The van der Waals surface area contributed by atoms with Crippen LogP contribution < -0.4 is 5.32 Å². The van der Waals surface area contributed by atoms with Crippen molar-refractivity contribution in [3.05, 3.63) is 58.5 Å². The lowest BCUT2D eigenvalue weighted by molar-refractivity contribution is 0.570. The van der Waals surface area contributed by atoms with E-state index in [0.29, 0.717) is 15.9 Å². The zero-order valence-electron chi connectivity index (χ0n) is 16.1. The van der Waals surface area contributed by atoms with Gasteiger partial charge >= 0.3 is 0 Å². The molecular weight excluding hydrogens is 379 g/mol. The lowest BCUT2D eigenvalue weighted by atomic mass is 9.93. The first-order valence-corrected chi connectivity index (χ1v) is 9.79. The molecule has 0 radical (unpaired) electrons. The molecule has 0 unspecified atom stereocenters. The van der Waals surface area contributed by atoms with Gasteiger partial charge in [-0.3, -0.25) is 0 Å². The van der Waals surface area contributed by atoms with Crippen molar-refractivity contribution in [1.82, 2.24) is 14.5 Å². The van der Waals surface area contributed by atoms with Crippen LogP contribution in [0, 0.1) is 0 Å². The van der Waals surface area contributed by atoms with Crippen LogP contribution in [0.25, 0.3) is 11.4 Å². The molecule has 0 bridgehead atoms. The van der Waals surface area contributed by atoms with Gasteiger partial charge in [0.15, 0.2) is 0 Å². The smallest absolute Gasteiger partial charge is 0.149 e. The molecule has 0 aliphatic rings. The minimum absolute atomic E-state index is 0.0129. The highest BCUT2D eigenvalue weighted by Crippen LogP contribution is 2.31. The van der Waals surface area contributed by atoms with Gasteiger partial charge < -0.3 is 9.88 Å². The van der Waals surface area contributed by atoms with Gasteiger partial charge in [-0.25, -0.2) is 9.97 Å². The summed E-state index contributed by atoms with van der Waals surface area (Å²) in [5, 5.41) is 4.45. The predicted octanol–water partition coefficient (Wildman–Crippen LogP) is 6.70. The first-order chi connectivity index (χ1) is 12.8. The molecule has 2 heterocycles. The Kier molecular flexibility index (Phi) is 5.78. The Hall–Kier alpha value is -2.04. The number of aromatic nitrogens is 3. The van der Waals surface area contributed by atoms with Crippen LogP contribution in [0.4, 0.5) is 11.5 Å². The van der Waals surface area contributed by atoms with E-state index in [-0.39, 0.29) is 5.41 Å². The van der Waals surface area contributed by atoms with Crippen LogP contribution in [0.15, 0.2) is 42.7 Å². The SMILES string of the molecule is CCCn1cc(C(C)(C)C)nc1-c1cnc(Nc2ccc(Cl)cc2)c(Cl)c1. The van der Waals surface area contributed by atoms with E-state index in [0.717, 1.165) is 35.7 Å². The molecule has 0 fully saturated rings. The number of hydrogen-bond donors (Lipinski definition) is 1. The number of rotatable bonds is 5. The van der Waals surface area contributed by atoms with Gasteiger partial charge in [0.05, 0.1) is 10.7 Å². The van der Waals surface area contributed by atoms with Gasteiger partial charge in [0, 0.05) is 40.6 Å². The summed E-state index contributed by atoms with van der Waals surface area (Å²) in [6.07, 6.45) is 4.97. The van der Waals surface area contributed by atoms with Crippen molar-refractivity contribution < 1.29 is 0 Å². The van der Waals surface area contributed by atoms with Crippen LogP contribution in [-0.2, 0) is 12.0 Å². The molecule has 4 nitrogen and oxygen atoms in total. The van der Waals surface area contributed by atoms with Gasteiger partial charge in [-0.15, -0.1) is 0 Å². The second-order valence-corrected chi connectivity index (χ2v) is 8.42. The van der Waals surface area contributed by atoms with E-state index < -0.39 is 0 Å². The number of halogens is 2. The van der Waals surface area contributed by atoms with Gasteiger partial charge in [-0.1, -0.05) is 50.9 Å². The van der Waals surface area contributed by atoms with Gasteiger partial charge in [0.2, 0.25) is 0 Å². The summed E-state index contributed by atoms with van der Waals surface area (Å²) < 4.78 is 2.18. The summed E-state index contributed by atoms with van der Waals surface area (Å²) in [6, 6.07) is 9.33. The molecule has 0 saturated carbocycles. The van der Waals surface area contributed by atoms with Crippen LogP contribution in [0.3, 0.4) is 0 Å². The van der Waals surface area contributed by atoms with Crippen LogP contribution in [-0.4, -0.2) is 14.5 Å². The summed E-state index contributed by atoms with van der Waals surface area (Å²) in [7, 11) is 0. The van der Waals surface area contributed by atoms with Gasteiger partial charge in [0.1, 0.15) is 11.6 Å². The number of pyridine rings is 1. The second kappa shape index (κ2) is 7.91. The lowest BCUT2D eigenvalue weighted by Crippen LogP contribution is -2.11. The highest BCUT2D eigenvalue weighted by molar-refractivity contribution is 6.33. The molecule has 3 aromatic rings. The Labute approximate surface area is 170 Å². The van der Waals surface area contributed by atoms with Crippen molar-refractivity contribution in [3.8, 4) is 11.4 Å². The Balaban J connectivity index is 1.93. The zero-order valence-corrected chi connectivity index (χ0v) is 17.6. The number of benzene rings is 1. The highest BCUT2D eigenvalue weighted by Gasteiger charge is 2.21. The molecular formula is C21H24Cl2N4. The molecule has 2 aromatic heterocycles. The van der Waals surface area contributed by atoms with Crippen molar-refractivity contribution in [1.29, 1.82) is 0 Å². The van der Waals surface area contributed by atoms with Crippen molar-refractivity contribution in [2.24, 2.45) is 0 Å². The summed E-state index contributed by atoms with van der Waals surface area (Å²) in [6.45, 7) is 9.56. The molecule has 27 heavy (non-hydrogen) atoms. The monoisotopic (exact) mass is 402 g/mol. The van der Waals surface area contributed by atoms with Crippen molar-refractivity contribution in [2.45, 2.75) is 46.1 Å². The molecule has 142 valence electrons. The van der Waals surface area contributed by atoms with Crippen molar-refractivity contribution >= 4 is 34.7 Å². The summed E-state index contributed by atoms with van der Waals surface area (Å²) in [5.74, 6) is 1.50. The van der Waals surface area contributed by atoms with Crippen LogP contribution in [0.5, 0.6) is 0 Å². The third kappa shape index (κ3) is 4.63. The van der Waals surface area contributed by atoms with E-state index in [2.05, 4.69) is 48.8 Å². The molecule has 0 saturated heterocycles. The number of nitrogens with one attached hydrogen (secondary N) is 1. The molecule has 0 atom stereocenters. The maximum atomic E-state index is 6.50. The number of aryl methyl sites for hydroxylation is 1. The molecule has 6 heteroatoms. The minimum atomic E-state index is -0.0129. The maximum absolute atomic E-state index is 6.50. The quantitative estimate of drug-likeness (QED) is 0.515. The number of nitrogens with zero attached hydrogens (tertiary/aromatic N) is 3. The van der Waals surface area contributed by atoms with E-state index in [9.17, 15) is 0 Å². The molecule has 0 spiro atoms. The number of imidazole rings is 1. The van der Waals surface area contributed by atoms with E-state index in [1.54, 1.807) is 0 Å². The topological polar surface area (TPSA) is 42.7 Å². The summed E-state index contributed by atoms with van der Waals surface area (Å²) in [4.78, 5) is 9.38. The summed E-state index contributed by atoms with van der Waals surface area (Å²) in [5.41, 5.74) is 2.83. The Morgan fingerprint density at radius 2 is 1.81 bits per heavy atom. The van der Waals surface area contributed by atoms with Gasteiger partial charge in [-0.2, -0.15) is 0 Å². The molecule has 0 aliphatic heterocycles. The average molecular weight is 403 g/mol. The fourth-order valence-electron chi connectivity index (χ4n) is 2.74. The highest BCUT2D eigenvalue weighted by atomic mass is 35.5. The Morgan fingerprint density at radius 3 is 2.41 bits per heavy atom. The van der Waals surface area contributed by atoms with E-state index in [1.165, 1.54) is 0 Å². The zero-order chi connectivity index (χ0) is 19.6. The Bertz CT molecular complexity index is 924. The van der Waals surface area contributed by atoms with Crippen LogP contribution in [0.1, 0.15) is 39.8 Å². The average Bonchev–Trinajstić information content (AvgIpc) is 3.03.